The summed E-state index contributed by atoms with van der Waals surface area (Å²) < 4.78 is 7.56. The summed E-state index contributed by atoms with van der Waals surface area (Å²) >= 11 is 0. The molecule has 1 fully saturated rings. The predicted molar refractivity (Wildman–Crippen MR) is 110 cm³/mol. The molecular weight excluding hydrogens is 350 g/mol. The molecule has 3 aromatic rings. The minimum absolute atomic E-state index is 0.0713. The fourth-order valence-electron chi connectivity index (χ4n) is 3.82. The largest absolute Gasteiger partial charge is 0.496 e. The predicted octanol–water partition coefficient (Wildman–Crippen LogP) is 3.61. The highest BCUT2D eigenvalue weighted by Crippen LogP contribution is 2.31. The fraction of sp³-hybridized carbons (Fsp3) is 0.261. The number of carbonyl (C=O) groups excluding carboxylic acids is 1. The molecular formula is C23H25N3O2. The molecule has 28 heavy (non-hydrogen) atoms. The van der Waals surface area contributed by atoms with Crippen molar-refractivity contribution < 1.29 is 9.53 Å². The summed E-state index contributed by atoms with van der Waals surface area (Å²) in [6.07, 6.45) is 3.97. The zero-order valence-corrected chi connectivity index (χ0v) is 16.3. The lowest BCUT2D eigenvalue weighted by molar-refractivity contribution is 0.0542. The second kappa shape index (κ2) is 7.90. The standard InChI is InChI=1S/C23H25N3O2/c1-24-14-15-26(17-21(24)20-10-3-4-11-22(20)28-2)23(27)18-8-7-9-19(16-18)25-12-5-6-13-25/h3-13,16,21H,14-15,17H2,1-2H3. The van der Waals surface area contributed by atoms with Crippen molar-refractivity contribution in [3.63, 3.8) is 0 Å². The SMILES string of the molecule is COc1ccccc1C1CN(C(=O)c2cccc(-n3cccc3)c2)CCN1C. The van der Waals surface area contributed by atoms with Crippen LogP contribution in [-0.2, 0) is 0 Å². The molecule has 1 amide bonds. The van der Waals surface area contributed by atoms with Crippen LogP contribution in [0.4, 0.5) is 0 Å². The minimum Gasteiger partial charge on any atom is -0.496 e. The second-order valence-electron chi connectivity index (χ2n) is 7.13. The monoisotopic (exact) mass is 375 g/mol. The summed E-state index contributed by atoms with van der Waals surface area (Å²) in [5.74, 6) is 0.935. The molecule has 1 saturated heterocycles. The summed E-state index contributed by atoms with van der Waals surface area (Å²) in [4.78, 5) is 17.5. The summed E-state index contributed by atoms with van der Waals surface area (Å²) in [6.45, 7) is 2.18. The van der Waals surface area contributed by atoms with E-state index in [1.54, 1.807) is 7.11 Å². The third kappa shape index (κ3) is 3.53. The van der Waals surface area contributed by atoms with Crippen LogP contribution in [0.25, 0.3) is 5.69 Å². The number of carbonyl (C=O) groups is 1. The highest BCUT2D eigenvalue weighted by atomic mass is 16.5. The molecule has 4 rings (SSSR count). The van der Waals surface area contributed by atoms with Crippen LogP contribution in [0, 0.1) is 0 Å². The van der Waals surface area contributed by atoms with Gasteiger partial charge in [-0.2, -0.15) is 0 Å². The highest BCUT2D eigenvalue weighted by Gasteiger charge is 2.30. The Morgan fingerprint density at radius 1 is 1.00 bits per heavy atom. The van der Waals surface area contributed by atoms with E-state index in [2.05, 4.69) is 18.0 Å². The van der Waals surface area contributed by atoms with E-state index < -0.39 is 0 Å². The Kier molecular flexibility index (Phi) is 5.17. The highest BCUT2D eigenvalue weighted by molar-refractivity contribution is 5.95. The maximum Gasteiger partial charge on any atom is 0.254 e. The molecule has 1 aliphatic rings. The van der Waals surface area contributed by atoms with Crippen LogP contribution in [0.1, 0.15) is 22.0 Å². The van der Waals surface area contributed by atoms with E-state index in [4.69, 9.17) is 4.74 Å². The van der Waals surface area contributed by atoms with E-state index in [0.29, 0.717) is 13.1 Å². The van der Waals surface area contributed by atoms with Gasteiger partial charge in [-0.05, 0) is 43.4 Å². The van der Waals surface area contributed by atoms with Crippen LogP contribution in [-0.4, -0.2) is 54.1 Å². The van der Waals surface area contributed by atoms with E-state index in [0.717, 1.165) is 29.1 Å². The van der Waals surface area contributed by atoms with Crippen molar-refractivity contribution in [3.8, 4) is 11.4 Å². The number of rotatable bonds is 4. The van der Waals surface area contributed by atoms with Crippen LogP contribution in [0.2, 0.25) is 0 Å². The molecule has 1 atom stereocenters. The van der Waals surface area contributed by atoms with Gasteiger partial charge in [-0.3, -0.25) is 9.69 Å². The molecule has 0 spiro atoms. The van der Waals surface area contributed by atoms with Gasteiger partial charge in [0.15, 0.2) is 0 Å². The van der Waals surface area contributed by atoms with Crippen molar-refractivity contribution in [2.24, 2.45) is 0 Å². The number of aromatic nitrogens is 1. The topological polar surface area (TPSA) is 37.7 Å². The van der Waals surface area contributed by atoms with Crippen molar-refractivity contribution in [1.29, 1.82) is 0 Å². The van der Waals surface area contributed by atoms with E-state index in [1.807, 2.05) is 76.5 Å². The lowest BCUT2D eigenvalue weighted by atomic mass is 10.0. The fourth-order valence-corrected chi connectivity index (χ4v) is 3.82. The Bertz CT molecular complexity index is 952. The smallest absolute Gasteiger partial charge is 0.254 e. The number of likely N-dealkylation sites (N-methyl/N-ethyl adjacent to an activating group) is 1. The van der Waals surface area contributed by atoms with E-state index in [9.17, 15) is 4.79 Å². The van der Waals surface area contributed by atoms with Gasteiger partial charge in [-0.1, -0.05) is 24.3 Å². The molecule has 0 bridgehead atoms. The number of methoxy groups -OCH3 is 1. The molecule has 144 valence electrons. The lowest BCUT2D eigenvalue weighted by Gasteiger charge is -2.40. The number of benzene rings is 2. The van der Waals surface area contributed by atoms with Gasteiger partial charge in [0.2, 0.25) is 0 Å². The summed E-state index contributed by atoms with van der Waals surface area (Å²) in [5.41, 5.74) is 2.83. The zero-order valence-electron chi connectivity index (χ0n) is 16.3. The molecule has 2 heterocycles. The number of para-hydroxylation sites is 1. The average molecular weight is 375 g/mol. The third-order valence-corrected chi connectivity index (χ3v) is 5.43. The number of nitrogens with zero attached hydrogens (tertiary/aromatic N) is 3. The van der Waals surface area contributed by atoms with Crippen LogP contribution in [0.15, 0.2) is 73.1 Å². The zero-order chi connectivity index (χ0) is 19.5. The first-order valence-corrected chi connectivity index (χ1v) is 9.53. The van der Waals surface area contributed by atoms with Crippen LogP contribution < -0.4 is 4.74 Å². The summed E-state index contributed by atoms with van der Waals surface area (Å²) in [7, 11) is 3.79. The van der Waals surface area contributed by atoms with Gasteiger partial charge in [-0.25, -0.2) is 0 Å². The van der Waals surface area contributed by atoms with Crippen molar-refractivity contribution in [2.75, 3.05) is 33.8 Å². The maximum atomic E-state index is 13.2. The lowest BCUT2D eigenvalue weighted by Crippen LogP contribution is -2.49. The third-order valence-electron chi connectivity index (χ3n) is 5.43. The molecule has 2 aromatic carbocycles. The Morgan fingerprint density at radius 3 is 2.57 bits per heavy atom. The molecule has 5 nitrogen and oxygen atoms in total. The van der Waals surface area contributed by atoms with Crippen molar-refractivity contribution in [3.05, 3.63) is 84.2 Å². The first kappa shape index (κ1) is 18.3. The molecule has 1 aliphatic heterocycles. The number of piperazine rings is 1. The summed E-state index contributed by atoms with van der Waals surface area (Å²) in [6, 6.07) is 19.9. The normalized spacial score (nSPS) is 17.5. The van der Waals surface area contributed by atoms with Gasteiger partial charge in [0, 0.05) is 48.8 Å². The van der Waals surface area contributed by atoms with Gasteiger partial charge < -0.3 is 14.2 Å². The van der Waals surface area contributed by atoms with Gasteiger partial charge in [0.05, 0.1) is 13.2 Å². The molecule has 0 saturated carbocycles. The number of ether oxygens (including phenoxy) is 1. The van der Waals surface area contributed by atoms with Crippen molar-refractivity contribution in [1.82, 2.24) is 14.4 Å². The first-order valence-electron chi connectivity index (χ1n) is 9.53. The van der Waals surface area contributed by atoms with Gasteiger partial charge in [0.1, 0.15) is 5.75 Å². The molecule has 1 aromatic heterocycles. The van der Waals surface area contributed by atoms with E-state index in [-0.39, 0.29) is 11.9 Å². The maximum absolute atomic E-state index is 13.2. The Balaban J connectivity index is 1.58. The van der Waals surface area contributed by atoms with E-state index in [1.165, 1.54) is 0 Å². The molecule has 0 aliphatic carbocycles. The summed E-state index contributed by atoms with van der Waals surface area (Å²) in [5, 5.41) is 0. The van der Waals surface area contributed by atoms with Gasteiger partial charge >= 0.3 is 0 Å². The van der Waals surface area contributed by atoms with Gasteiger partial charge in [-0.15, -0.1) is 0 Å². The molecule has 1 unspecified atom stereocenters. The average Bonchev–Trinajstić information content (AvgIpc) is 3.29. The number of hydrogen-bond acceptors (Lipinski definition) is 3. The Labute approximate surface area is 165 Å². The van der Waals surface area contributed by atoms with Gasteiger partial charge in [0.25, 0.3) is 5.91 Å². The number of hydrogen-bond donors (Lipinski definition) is 0. The van der Waals surface area contributed by atoms with Crippen LogP contribution in [0.3, 0.4) is 0 Å². The Hall–Kier alpha value is -3.05. The van der Waals surface area contributed by atoms with Crippen LogP contribution in [0.5, 0.6) is 5.75 Å². The molecule has 0 radical (unpaired) electrons. The quantitative estimate of drug-likeness (QED) is 0.699. The molecule has 5 heteroatoms. The number of amides is 1. The second-order valence-corrected chi connectivity index (χ2v) is 7.13. The van der Waals surface area contributed by atoms with Crippen LogP contribution >= 0.6 is 0 Å². The minimum atomic E-state index is 0.0713. The van der Waals surface area contributed by atoms with Crippen molar-refractivity contribution >= 4 is 5.91 Å². The van der Waals surface area contributed by atoms with E-state index >= 15 is 0 Å². The Morgan fingerprint density at radius 2 is 1.79 bits per heavy atom. The molecule has 0 N–H and O–H groups in total. The van der Waals surface area contributed by atoms with Crippen molar-refractivity contribution in [2.45, 2.75) is 6.04 Å². The first-order chi connectivity index (χ1) is 13.7.